The van der Waals surface area contributed by atoms with E-state index in [2.05, 4.69) is 5.32 Å². The number of nitrogens with one attached hydrogen (secondary N) is 1. The molecule has 1 aliphatic rings. The van der Waals surface area contributed by atoms with Gasteiger partial charge in [-0.15, -0.1) is 0 Å². The summed E-state index contributed by atoms with van der Waals surface area (Å²) in [6.07, 6.45) is 2.76. The highest BCUT2D eigenvalue weighted by Crippen LogP contribution is 2.37. The van der Waals surface area contributed by atoms with E-state index in [0.717, 1.165) is 23.4 Å². The van der Waals surface area contributed by atoms with E-state index in [0.29, 0.717) is 0 Å². The maximum Gasteiger partial charge on any atom is 0.253 e. The van der Waals surface area contributed by atoms with E-state index in [9.17, 15) is 17.6 Å². The summed E-state index contributed by atoms with van der Waals surface area (Å²) in [5.41, 5.74) is 0.379. The summed E-state index contributed by atoms with van der Waals surface area (Å²) in [5, 5.41) is 2.85. The summed E-state index contributed by atoms with van der Waals surface area (Å²) in [4.78, 5) is 12.8. The van der Waals surface area contributed by atoms with Crippen molar-refractivity contribution in [3.8, 4) is 11.5 Å². The first kappa shape index (κ1) is 20.9. The summed E-state index contributed by atoms with van der Waals surface area (Å²) in [7, 11) is -1.02. The van der Waals surface area contributed by atoms with Gasteiger partial charge in [0.2, 0.25) is 10.0 Å². The maximum atomic E-state index is 14.2. The van der Waals surface area contributed by atoms with Crippen molar-refractivity contribution in [2.75, 3.05) is 24.8 Å². The van der Waals surface area contributed by atoms with E-state index < -0.39 is 21.7 Å². The van der Waals surface area contributed by atoms with Gasteiger partial charge >= 0.3 is 0 Å². The second-order valence-corrected chi connectivity index (χ2v) is 8.74. The summed E-state index contributed by atoms with van der Waals surface area (Å²) in [6.45, 7) is -0.273. The lowest BCUT2D eigenvalue weighted by atomic mass is 10.1. The molecule has 0 spiro atoms. The van der Waals surface area contributed by atoms with Crippen molar-refractivity contribution in [3.05, 3.63) is 53.3 Å². The molecule has 29 heavy (non-hydrogen) atoms. The van der Waals surface area contributed by atoms with Gasteiger partial charge < -0.3 is 14.8 Å². The van der Waals surface area contributed by atoms with Gasteiger partial charge in [0, 0.05) is 17.7 Å². The van der Waals surface area contributed by atoms with Crippen LogP contribution in [0.5, 0.6) is 11.5 Å². The fraction of sp³-hybridized carbons (Fsp3) is 0.350. The SMILES string of the molecule is COc1cc(C(=O)NC2CC2)c(N(Cc2ccccc2F)S(C)(=O)=O)cc1OC. The summed E-state index contributed by atoms with van der Waals surface area (Å²) in [6, 6.07) is 8.82. The molecule has 0 unspecified atom stereocenters. The number of ether oxygens (including phenoxy) is 2. The van der Waals surface area contributed by atoms with E-state index >= 15 is 0 Å². The van der Waals surface area contributed by atoms with Crippen LogP contribution < -0.4 is 19.1 Å². The number of hydrogen-bond donors (Lipinski definition) is 1. The zero-order chi connectivity index (χ0) is 21.2. The average molecular weight is 422 g/mol. The smallest absolute Gasteiger partial charge is 0.253 e. The number of carbonyl (C=O) groups excluding carboxylic acids is 1. The molecule has 9 heteroatoms. The Balaban J connectivity index is 2.14. The number of methoxy groups -OCH3 is 2. The summed E-state index contributed by atoms with van der Waals surface area (Å²) >= 11 is 0. The fourth-order valence-electron chi connectivity index (χ4n) is 2.91. The van der Waals surface area contributed by atoms with Gasteiger partial charge in [0.1, 0.15) is 5.82 Å². The number of hydrogen-bond acceptors (Lipinski definition) is 5. The molecule has 1 fully saturated rings. The Bertz CT molecular complexity index is 1020. The number of anilines is 1. The van der Waals surface area contributed by atoms with E-state index in [4.69, 9.17) is 9.47 Å². The molecule has 1 saturated carbocycles. The lowest BCUT2D eigenvalue weighted by Crippen LogP contribution is -2.33. The average Bonchev–Trinajstić information content (AvgIpc) is 3.49. The van der Waals surface area contributed by atoms with Crippen LogP contribution in [0.3, 0.4) is 0 Å². The van der Waals surface area contributed by atoms with Gasteiger partial charge in [-0.3, -0.25) is 9.10 Å². The lowest BCUT2D eigenvalue weighted by molar-refractivity contribution is 0.0951. The van der Waals surface area contributed by atoms with Gasteiger partial charge in [0.05, 0.1) is 38.3 Å². The number of amides is 1. The van der Waals surface area contributed by atoms with Gasteiger partial charge in [-0.05, 0) is 25.0 Å². The Kier molecular flexibility index (Phi) is 5.97. The third kappa shape index (κ3) is 4.79. The molecular weight excluding hydrogens is 399 g/mol. The van der Waals surface area contributed by atoms with Crippen LogP contribution in [0.2, 0.25) is 0 Å². The molecule has 156 valence electrons. The molecule has 1 N–H and O–H groups in total. The van der Waals surface area contributed by atoms with E-state index in [-0.39, 0.29) is 40.9 Å². The van der Waals surface area contributed by atoms with Crippen LogP contribution in [0.25, 0.3) is 0 Å². The lowest BCUT2D eigenvalue weighted by Gasteiger charge is -2.26. The third-order valence-corrected chi connectivity index (χ3v) is 5.73. The van der Waals surface area contributed by atoms with Gasteiger partial charge in [0.25, 0.3) is 5.91 Å². The first-order valence-electron chi connectivity index (χ1n) is 9.02. The van der Waals surface area contributed by atoms with Crippen molar-refractivity contribution in [1.82, 2.24) is 5.32 Å². The molecule has 0 saturated heterocycles. The van der Waals surface area contributed by atoms with Crippen LogP contribution >= 0.6 is 0 Å². The number of benzene rings is 2. The minimum Gasteiger partial charge on any atom is -0.493 e. The number of halogens is 1. The van der Waals surface area contributed by atoms with Gasteiger partial charge in [-0.25, -0.2) is 12.8 Å². The highest BCUT2D eigenvalue weighted by molar-refractivity contribution is 7.92. The van der Waals surface area contributed by atoms with Crippen LogP contribution in [0.15, 0.2) is 36.4 Å². The van der Waals surface area contributed by atoms with Crippen LogP contribution in [0.1, 0.15) is 28.8 Å². The normalized spacial score (nSPS) is 13.7. The molecule has 2 aromatic rings. The molecule has 3 rings (SSSR count). The largest absolute Gasteiger partial charge is 0.493 e. The zero-order valence-corrected chi connectivity index (χ0v) is 17.3. The van der Waals surface area contributed by atoms with Crippen molar-refractivity contribution in [3.63, 3.8) is 0 Å². The quantitative estimate of drug-likeness (QED) is 0.707. The molecule has 1 aliphatic carbocycles. The number of rotatable bonds is 8. The molecule has 0 heterocycles. The predicted octanol–water partition coefficient (Wildman–Crippen LogP) is 2.70. The number of carbonyl (C=O) groups is 1. The Morgan fingerprint density at radius 1 is 1.17 bits per heavy atom. The van der Waals surface area contributed by atoms with Crippen molar-refractivity contribution in [2.45, 2.75) is 25.4 Å². The van der Waals surface area contributed by atoms with Crippen molar-refractivity contribution in [2.24, 2.45) is 0 Å². The second-order valence-electron chi connectivity index (χ2n) is 6.83. The fourth-order valence-corrected chi connectivity index (χ4v) is 3.79. The molecule has 1 amide bonds. The molecular formula is C20H23FN2O5S. The highest BCUT2D eigenvalue weighted by Gasteiger charge is 2.30. The van der Waals surface area contributed by atoms with Crippen molar-refractivity contribution in [1.29, 1.82) is 0 Å². The Morgan fingerprint density at radius 3 is 2.34 bits per heavy atom. The molecule has 0 radical (unpaired) electrons. The summed E-state index contributed by atoms with van der Waals surface area (Å²) < 4.78 is 51.0. The molecule has 2 aromatic carbocycles. The van der Waals surface area contributed by atoms with Gasteiger partial charge in [0.15, 0.2) is 11.5 Å². The minimum atomic E-state index is -3.86. The maximum absolute atomic E-state index is 14.2. The Morgan fingerprint density at radius 2 is 1.79 bits per heavy atom. The summed E-state index contributed by atoms with van der Waals surface area (Å²) in [5.74, 6) is -0.416. The number of sulfonamides is 1. The first-order valence-corrected chi connectivity index (χ1v) is 10.9. The van der Waals surface area contributed by atoms with E-state index in [1.54, 1.807) is 6.07 Å². The van der Waals surface area contributed by atoms with Crippen molar-refractivity contribution >= 4 is 21.6 Å². The van der Waals surface area contributed by atoms with Gasteiger partial charge in [-0.2, -0.15) is 0 Å². The standard InChI is InChI=1S/C20H23FN2O5S/c1-27-18-10-15(20(24)22-14-8-9-14)17(11-19(18)28-2)23(29(3,25)26)12-13-6-4-5-7-16(13)21/h4-7,10-11,14H,8-9,12H2,1-3H3,(H,22,24). The molecule has 0 aromatic heterocycles. The van der Waals surface area contributed by atoms with Crippen LogP contribution in [0.4, 0.5) is 10.1 Å². The topological polar surface area (TPSA) is 84.9 Å². The zero-order valence-electron chi connectivity index (χ0n) is 16.4. The molecule has 0 aliphatic heterocycles. The predicted molar refractivity (Wildman–Crippen MR) is 107 cm³/mol. The minimum absolute atomic E-state index is 0.0710. The monoisotopic (exact) mass is 422 g/mol. The second kappa shape index (κ2) is 8.28. The van der Waals surface area contributed by atoms with Gasteiger partial charge in [-0.1, -0.05) is 18.2 Å². The van der Waals surface area contributed by atoms with Crippen molar-refractivity contribution < 1.29 is 27.1 Å². The van der Waals surface area contributed by atoms with Crippen LogP contribution in [-0.4, -0.2) is 40.8 Å². The third-order valence-electron chi connectivity index (χ3n) is 4.60. The molecule has 0 atom stereocenters. The molecule has 0 bridgehead atoms. The Labute approximate surface area is 169 Å². The van der Waals surface area contributed by atoms with E-state index in [1.165, 1.54) is 44.6 Å². The van der Waals surface area contributed by atoms with Crippen LogP contribution in [0, 0.1) is 5.82 Å². The highest BCUT2D eigenvalue weighted by atomic mass is 32.2. The van der Waals surface area contributed by atoms with E-state index in [1.807, 2.05) is 0 Å². The first-order chi connectivity index (χ1) is 13.7. The number of nitrogens with zero attached hydrogens (tertiary/aromatic N) is 1. The van der Waals surface area contributed by atoms with Crippen LogP contribution in [-0.2, 0) is 16.6 Å². The molecule has 7 nitrogen and oxygen atoms in total. The Hall–Kier alpha value is -2.81.